The van der Waals surface area contributed by atoms with Crippen LogP contribution in [0.1, 0.15) is 34.0 Å². The second-order valence-electron chi connectivity index (χ2n) is 8.53. The van der Waals surface area contributed by atoms with Crippen LogP contribution < -0.4 is 5.32 Å². The van der Waals surface area contributed by atoms with Gasteiger partial charge in [0.1, 0.15) is 18.1 Å². The first-order valence-corrected chi connectivity index (χ1v) is 11.1. The molecule has 2 aromatic carbocycles. The first kappa shape index (κ1) is 21.6. The molecule has 2 heterocycles. The Bertz CT molecular complexity index is 1220. The zero-order valence-corrected chi connectivity index (χ0v) is 18.3. The minimum absolute atomic E-state index is 0.0383. The van der Waals surface area contributed by atoms with Crippen molar-refractivity contribution in [1.82, 2.24) is 9.88 Å². The number of rotatable bonds is 6. The smallest absolute Gasteiger partial charge is 0.412 e. The Morgan fingerprint density at radius 1 is 0.941 bits per heavy atom. The Morgan fingerprint density at radius 2 is 1.59 bits per heavy atom. The van der Waals surface area contributed by atoms with Crippen LogP contribution in [-0.2, 0) is 9.53 Å². The lowest BCUT2D eigenvalue weighted by molar-refractivity contribution is -0.139. The molecule has 2 N–H and O–H groups in total. The Morgan fingerprint density at radius 3 is 2.24 bits per heavy atom. The molecular formula is C26H23N3O5. The summed E-state index contributed by atoms with van der Waals surface area (Å²) in [5, 5.41) is 11.5. The van der Waals surface area contributed by atoms with E-state index in [2.05, 4.69) is 34.6 Å². The normalized spacial score (nSPS) is 14.6. The number of benzene rings is 2. The number of hydrogen-bond acceptors (Lipinski definition) is 5. The molecule has 2 amide bonds. The molecule has 8 heteroatoms. The van der Waals surface area contributed by atoms with Crippen LogP contribution in [0.3, 0.4) is 0 Å². The van der Waals surface area contributed by atoms with Gasteiger partial charge in [0, 0.05) is 24.9 Å². The van der Waals surface area contributed by atoms with Crippen LogP contribution in [0, 0.1) is 5.92 Å². The summed E-state index contributed by atoms with van der Waals surface area (Å²) in [5.74, 6) is -1.04. The summed E-state index contributed by atoms with van der Waals surface area (Å²) < 4.78 is 5.53. The number of ether oxygens (including phenoxy) is 1. The van der Waals surface area contributed by atoms with E-state index in [4.69, 9.17) is 9.84 Å². The number of anilines is 1. The number of aliphatic carboxylic acids is 1. The Hall–Kier alpha value is -4.20. The molecule has 1 fully saturated rings. The molecule has 0 spiro atoms. The quantitative estimate of drug-likeness (QED) is 0.579. The zero-order chi connectivity index (χ0) is 23.7. The fourth-order valence-electron chi connectivity index (χ4n) is 4.64. The van der Waals surface area contributed by atoms with Crippen LogP contribution in [0.4, 0.5) is 10.6 Å². The van der Waals surface area contributed by atoms with Gasteiger partial charge in [-0.15, -0.1) is 0 Å². The summed E-state index contributed by atoms with van der Waals surface area (Å²) in [7, 11) is 0. The van der Waals surface area contributed by atoms with Crippen molar-refractivity contribution in [3.05, 3.63) is 83.6 Å². The molecule has 0 saturated carbocycles. The average Bonchev–Trinajstić information content (AvgIpc) is 3.13. The molecule has 1 aliphatic carbocycles. The lowest BCUT2D eigenvalue weighted by atomic mass is 9.96. The number of nitrogens with zero attached hydrogens (tertiary/aromatic N) is 2. The number of nitrogens with one attached hydrogen (secondary N) is 1. The third-order valence-electron chi connectivity index (χ3n) is 6.25. The van der Waals surface area contributed by atoms with Crippen LogP contribution in [0.2, 0.25) is 0 Å². The molecule has 0 unspecified atom stereocenters. The number of carbonyl (C=O) groups is 3. The number of carboxylic acids is 1. The fraction of sp³-hybridized carbons (Fsp3) is 0.231. The lowest BCUT2D eigenvalue weighted by Gasteiger charge is -2.38. The van der Waals surface area contributed by atoms with Crippen molar-refractivity contribution < 1.29 is 24.2 Å². The van der Waals surface area contributed by atoms with Crippen molar-refractivity contribution in [3.8, 4) is 11.1 Å². The monoisotopic (exact) mass is 457 g/mol. The van der Waals surface area contributed by atoms with Gasteiger partial charge in [0.15, 0.2) is 0 Å². The van der Waals surface area contributed by atoms with Gasteiger partial charge >= 0.3 is 12.1 Å². The number of carboxylic acid groups (broad SMARTS) is 1. The SMILES string of the molecule is O=C(O)CC1CN(C(=O)c2cccc(NC(=O)OCC3c4ccccc4-c4ccccc43)n2)C1. The number of aromatic nitrogens is 1. The minimum atomic E-state index is -0.871. The Labute approximate surface area is 196 Å². The maximum absolute atomic E-state index is 12.6. The number of fused-ring (bicyclic) bond motifs is 3. The van der Waals surface area contributed by atoms with Crippen molar-refractivity contribution in [2.45, 2.75) is 12.3 Å². The standard InChI is InChI=1S/C26H23N3O5/c30-24(31)12-16-13-29(14-16)25(32)22-10-5-11-23(27-22)28-26(33)34-15-21-19-8-3-1-6-17(19)18-7-2-4-9-20(18)21/h1-11,16,21H,12-15H2,(H,30,31)(H,27,28,33). The van der Waals surface area contributed by atoms with Crippen LogP contribution in [-0.4, -0.2) is 52.7 Å². The minimum Gasteiger partial charge on any atom is -0.481 e. The fourth-order valence-corrected chi connectivity index (χ4v) is 4.64. The molecule has 5 rings (SSSR count). The highest BCUT2D eigenvalue weighted by Gasteiger charge is 2.33. The summed E-state index contributed by atoms with van der Waals surface area (Å²) in [5.41, 5.74) is 4.73. The number of pyridine rings is 1. The van der Waals surface area contributed by atoms with Crippen molar-refractivity contribution in [2.75, 3.05) is 25.0 Å². The molecular weight excluding hydrogens is 434 g/mol. The second kappa shape index (κ2) is 8.97. The summed E-state index contributed by atoms with van der Waals surface area (Å²) in [6, 6.07) is 21.0. The highest BCUT2D eigenvalue weighted by Crippen LogP contribution is 2.44. The number of hydrogen-bond donors (Lipinski definition) is 2. The molecule has 2 aliphatic rings. The highest BCUT2D eigenvalue weighted by molar-refractivity contribution is 5.94. The molecule has 0 bridgehead atoms. The maximum Gasteiger partial charge on any atom is 0.412 e. The molecule has 1 aromatic heterocycles. The van der Waals surface area contributed by atoms with E-state index < -0.39 is 12.1 Å². The third-order valence-corrected chi connectivity index (χ3v) is 6.25. The van der Waals surface area contributed by atoms with Crippen LogP contribution in [0.15, 0.2) is 66.7 Å². The van der Waals surface area contributed by atoms with Gasteiger partial charge in [-0.05, 0) is 34.4 Å². The molecule has 1 saturated heterocycles. The molecule has 0 atom stereocenters. The molecule has 8 nitrogen and oxygen atoms in total. The Kier molecular flexibility index (Phi) is 5.71. The van der Waals surface area contributed by atoms with Crippen LogP contribution in [0.25, 0.3) is 11.1 Å². The first-order valence-electron chi connectivity index (χ1n) is 11.1. The van der Waals surface area contributed by atoms with E-state index in [-0.39, 0.29) is 42.3 Å². The summed E-state index contributed by atoms with van der Waals surface area (Å²) in [6.07, 6.45) is -0.606. The molecule has 172 valence electrons. The van der Waals surface area contributed by atoms with Gasteiger partial charge < -0.3 is 14.7 Å². The van der Waals surface area contributed by atoms with Crippen LogP contribution >= 0.6 is 0 Å². The summed E-state index contributed by atoms with van der Waals surface area (Å²) in [6.45, 7) is 0.949. The molecule has 3 aromatic rings. The van der Waals surface area contributed by atoms with E-state index in [9.17, 15) is 14.4 Å². The van der Waals surface area contributed by atoms with Crippen LogP contribution in [0.5, 0.6) is 0 Å². The predicted octanol–water partition coefficient (Wildman–Crippen LogP) is 3.99. The van der Waals surface area contributed by atoms with E-state index in [0.717, 1.165) is 22.3 Å². The van der Waals surface area contributed by atoms with E-state index in [1.165, 1.54) is 0 Å². The highest BCUT2D eigenvalue weighted by atomic mass is 16.5. The second-order valence-corrected chi connectivity index (χ2v) is 8.53. The van der Waals surface area contributed by atoms with Gasteiger partial charge in [-0.3, -0.25) is 14.9 Å². The van der Waals surface area contributed by atoms with Crippen molar-refractivity contribution in [1.29, 1.82) is 0 Å². The van der Waals surface area contributed by atoms with E-state index in [1.807, 2.05) is 24.3 Å². The maximum atomic E-state index is 12.6. The van der Waals surface area contributed by atoms with Crippen molar-refractivity contribution >= 4 is 23.8 Å². The van der Waals surface area contributed by atoms with Gasteiger partial charge in [0.05, 0.1) is 6.42 Å². The topological polar surface area (TPSA) is 109 Å². The number of carbonyl (C=O) groups excluding carboxylic acids is 2. The first-order chi connectivity index (χ1) is 16.5. The van der Waals surface area contributed by atoms with E-state index in [1.54, 1.807) is 23.1 Å². The zero-order valence-electron chi connectivity index (χ0n) is 18.3. The largest absolute Gasteiger partial charge is 0.481 e. The Balaban J connectivity index is 1.20. The van der Waals surface area contributed by atoms with Gasteiger partial charge in [-0.1, -0.05) is 54.6 Å². The van der Waals surface area contributed by atoms with E-state index in [0.29, 0.717) is 13.1 Å². The average molecular weight is 457 g/mol. The van der Waals surface area contributed by atoms with Gasteiger partial charge in [-0.2, -0.15) is 0 Å². The number of likely N-dealkylation sites (tertiary alicyclic amines) is 1. The van der Waals surface area contributed by atoms with E-state index >= 15 is 0 Å². The molecule has 34 heavy (non-hydrogen) atoms. The van der Waals surface area contributed by atoms with Gasteiger partial charge in [0.25, 0.3) is 5.91 Å². The molecule has 1 aliphatic heterocycles. The molecule has 0 radical (unpaired) electrons. The summed E-state index contributed by atoms with van der Waals surface area (Å²) >= 11 is 0. The third kappa shape index (κ3) is 4.22. The van der Waals surface area contributed by atoms with Crippen molar-refractivity contribution in [2.24, 2.45) is 5.92 Å². The van der Waals surface area contributed by atoms with Gasteiger partial charge in [0.2, 0.25) is 0 Å². The summed E-state index contributed by atoms with van der Waals surface area (Å²) in [4.78, 5) is 41.7. The van der Waals surface area contributed by atoms with Gasteiger partial charge in [-0.25, -0.2) is 9.78 Å². The lowest BCUT2D eigenvalue weighted by Crippen LogP contribution is -2.50. The predicted molar refractivity (Wildman–Crippen MR) is 125 cm³/mol. The van der Waals surface area contributed by atoms with Crippen molar-refractivity contribution in [3.63, 3.8) is 0 Å². The number of amides is 2.